The van der Waals surface area contributed by atoms with E-state index in [0.717, 1.165) is 33.9 Å². The van der Waals surface area contributed by atoms with Crippen LogP contribution in [0.5, 0.6) is 17.2 Å². The number of ether oxygens (including phenoxy) is 3. The summed E-state index contributed by atoms with van der Waals surface area (Å²) in [5, 5.41) is 9.48. The molecule has 0 bridgehead atoms. The van der Waals surface area contributed by atoms with E-state index in [-0.39, 0.29) is 5.91 Å². The fourth-order valence-electron chi connectivity index (χ4n) is 4.04. The first-order chi connectivity index (χ1) is 17.0. The average molecular weight is 477 g/mol. The lowest BCUT2D eigenvalue weighted by Crippen LogP contribution is -2.14. The zero-order valence-corrected chi connectivity index (χ0v) is 21.0. The first kappa shape index (κ1) is 24.3. The van der Waals surface area contributed by atoms with Crippen LogP contribution in [0.3, 0.4) is 0 Å². The van der Waals surface area contributed by atoms with Gasteiger partial charge in [-0.2, -0.15) is 5.10 Å². The van der Waals surface area contributed by atoms with Crippen molar-refractivity contribution >= 4 is 33.7 Å². The van der Waals surface area contributed by atoms with Crippen LogP contribution in [0, 0.1) is 6.92 Å². The molecule has 1 N–H and O–H groups in total. The zero-order chi connectivity index (χ0) is 24.9. The maximum Gasteiger partial charge on any atom is 0.257 e. The molecule has 35 heavy (non-hydrogen) atoms. The summed E-state index contributed by atoms with van der Waals surface area (Å²) in [5.41, 5.74) is 3.18. The number of hydrogen-bond donors (Lipinski definition) is 1. The number of hydrogen-bond acceptors (Lipinski definition) is 6. The second-order valence-electron chi connectivity index (χ2n) is 8.18. The quantitative estimate of drug-likeness (QED) is 0.313. The van der Waals surface area contributed by atoms with E-state index in [0.29, 0.717) is 55.0 Å². The minimum atomic E-state index is -0.317. The molecule has 0 aliphatic rings. The van der Waals surface area contributed by atoms with Crippen LogP contribution in [0.15, 0.2) is 36.4 Å². The highest BCUT2D eigenvalue weighted by atomic mass is 16.5. The Morgan fingerprint density at radius 3 is 2.26 bits per heavy atom. The van der Waals surface area contributed by atoms with Crippen LogP contribution >= 0.6 is 0 Å². The molecule has 2 aromatic heterocycles. The van der Waals surface area contributed by atoms with Crippen molar-refractivity contribution in [2.24, 2.45) is 0 Å². The Hall–Kier alpha value is -3.81. The summed E-state index contributed by atoms with van der Waals surface area (Å²) >= 11 is 0. The molecule has 4 rings (SSSR count). The minimum absolute atomic E-state index is 0.317. The van der Waals surface area contributed by atoms with E-state index in [2.05, 4.69) is 23.4 Å². The molecule has 0 aliphatic heterocycles. The van der Waals surface area contributed by atoms with Crippen molar-refractivity contribution in [3.63, 3.8) is 0 Å². The standard InChI is InChI=1S/C27H32N4O4/c1-6-12-31-26-20(14-18-13-17(5)10-11-21(18)28-26)25(30-31)29-27(32)19-15-22(33-7-2)24(35-9-4)23(16-19)34-8-3/h10-11,13-16H,6-9,12H2,1-5H3,(H,29,30,32). The molecule has 0 saturated carbocycles. The van der Waals surface area contributed by atoms with Crippen LogP contribution < -0.4 is 19.5 Å². The van der Waals surface area contributed by atoms with E-state index in [1.165, 1.54) is 0 Å². The summed E-state index contributed by atoms with van der Waals surface area (Å²) in [7, 11) is 0. The Morgan fingerprint density at radius 1 is 0.943 bits per heavy atom. The van der Waals surface area contributed by atoms with Crippen molar-refractivity contribution in [1.29, 1.82) is 0 Å². The number of rotatable bonds is 10. The largest absolute Gasteiger partial charge is 0.490 e. The number of amides is 1. The van der Waals surface area contributed by atoms with Gasteiger partial charge in [-0.25, -0.2) is 9.67 Å². The lowest BCUT2D eigenvalue weighted by Gasteiger charge is -2.17. The van der Waals surface area contributed by atoms with E-state index < -0.39 is 0 Å². The summed E-state index contributed by atoms with van der Waals surface area (Å²) in [5.74, 6) is 1.59. The molecule has 0 radical (unpaired) electrons. The van der Waals surface area contributed by atoms with Crippen molar-refractivity contribution in [3.8, 4) is 17.2 Å². The molecule has 184 valence electrons. The van der Waals surface area contributed by atoms with Gasteiger partial charge in [0.1, 0.15) is 0 Å². The van der Waals surface area contributed by atoms with E-state index in [1.54, 1.807) is 12.1 Å². The molecule has 0 spiro atoms. The fourth-order valence-corrected chi connectivity index (χ4v) is 4.04. The van der Waals surface area contributed by atoms with E-state index in [9.17, 15) is 4.79 Å². The molecule has 0 unspecified atom stereocenters. The van der Waals surface area contributed by atoms with Gasteiger partial charge in [0.05, 0.1) is 30.7 Å². The van der Waals surface area contributed by atoms with Gasteiger partial charge in [-0.15, -0.1) is 0 Å². The van der Waals surface area contributed by atoms with Gasteiger partial charge >= 0.3 is 0 Å². The normalized spacial score (nSPS) is 11.1. The number of anilines is 1. The number of fused-ring (bicyclic) bond motifs is 2. The van der Waals surface area contributed by atoms with Crippen LogP contribution in [-0.4, -0.2) is 40.5 Å². The number of nitrogens with zero attached hydrogens (tertiary/aromatic N) is 3. The summed E-state index contributed by atoms with van der Waals surface area (Å²) in [4.78, 5) is 18.2. The maximum atomic E-state index is 13.4. The molecule has 0 atom stereocenters. The Bertz CT molecular complexity index is 1340. The third-order valence-corrected chi connectivity index (χ3v) is 5.51. The van der Waals surface area contributed by atoms with Crippen LogP contribution in [0.2, 0.25) is 0 Å². The van der Waals surface area contributed by atoms with Gasteiger partial charge < -0.3 is 19.5 Å². The Morgan fingerprint density at radius 2 is 1.63 bits per heavy atom. The van der Waals surface area contributed by atoms with Gasteiger partial charge in [-0.05, 0) is 64.4 Å². The molecular weight excluding hydrogens is 444 g/mol. The zero-order valence-electron chi connectivity index (χ0n) is 21.0. The van der Waals surface area contributed by atoms with Crippen molar-refractivity contribution in [3.05, 3.63) is 47.5 Å². The molecule has 4 aromatic rings. The van der Waals surface area contributed by atoms with Crippen molar-refractivity contribution in [2.75, 3.05) is 25.1 Å². The number of carbonyl (C=O) groups excluding carboxylic acids is 1. The summed E-state index contributed by atoms with van der Waals surface area (Å²) in [6.45, 7) is 11.8. The van der Waals surface area contributed by atoms with Gasteiger partial charge in [0.25, 0.3) is 5.91 Å². The number of nitrogens with one attached hydrogen (secondary N) is 1. The highest BCUT2D eigenvalue weighted by molar-refractivity contribution is 6.09. The van der Waals surface area contributed by atoms with Crippen LogP contribution in [-0.2, 0) is 6.54 Å². The molecule has 0 aliphatic carbocycles. The van der Waals surface area contributed by atoms with E-state index >= 15 is 0 Å². The van der Waals surface area contributed by atoms with Gasteiger partial charge in [0, 0.05) is 17.5 Å². The number of aryl methyl sites for hydroxylation is 2. The summed E-state index contributed by atoms with van der Waals surface area (Å²) in [6.07, 6.45) is 0.895. The lowest BCUT2D eigenvalue weighted by molar-refractivity contribution is 0.102. The van der Waals surface area contributed by atoms with Gasteiger partial charge in [0.2, 0.25) is 5.75 Å². The molecule has 2 aromatic carbocycles. The molecule has 8 heteroatoms. The molecular formula is C27H32N4O4. The predicted octanol–water partition coefficient (Wildman–Crippen LogP) is 5.75. The Kier molecular flexibility index (Phi) is 7.39. The predicted molar refractivity (Wildman–Crippen MR) is 138 cm³/mol. The van der Waals surface area contributed by atoms with Crippen molar-refractivity contribution in [1.82, 2.24) is 14.8 Å². The average Bonchev–Trinajstić information content (AvgIpc) is 3.15. The molecule has 8 nitrogen and oxygen atoms in total. The highest BCUT2D eigenvalue weighted by Crippen LogP contribution is 2.39. The molecule has 0 fully saturated rings. The van der Waals surface area contributed by atoms with Gasteiger partial charge in [-0.1, -0.05) is 18.6 Å². The lowest BCUT2D eigenvalue weighted by atomic mass is 10.1. The molecule has 1 amide bonds. The second kappa shape index (κ2) is 10.6. The number of pyridine rings is 1. The third-order valence-electron chi connectivity index (χ3n) is 5.51. The summed E-state index contributed by atoms with van der Waals surface area (Å²) < 4.78 is 19.1. The summed E-state index contributed by atoms with van der Waals surface area (Å²) in [6, 6.07) is 11.5. The van der Waals surface area contributed by atoms with Crippen molar-refractivity contribution < 1.29 is 19.0 Å². The van der Waals surface area contributed by atoms with Crippen LogP contribution in [0.4, 0.5) is 5.82 Å². The molecule has 0 saturated heterocycles. The number of carbonyl (C=O) groups is 1. The Labute approximate surface area is 205 Å². The highest BCUT2D eigenvalue weighted by Gasteiger charge is 2.21. The van der Waals surface area contributed by atoms with Crippen LogP contribution in [0.1, 0.15) is 50.0 Å². The number of aromatic nitrogens is 3. The second-order valence-corrected chi connectivity index (χ2v) is 8.18. The molecule has 2 heterocycles. The van der Waals surface area contributed by atoms with E-state index in [1.807, 2.05) is 50.6 Å². The SMILES string of the molecule is CCCn1nc(NC(=O)c2cc(OCC)c(OCC)c(OCC)c2)c2cc3cc(C)ccc3nc21. The van der Waals surface area contributed by atoms with E-state index in [4.69, 9.17) is 19.2 Å². The third kappa shape index (κ3) is 5.01. The minimum Gasteiger partial charge on any atom is -0.490 e. The number of benzene rings is 2. The Balaban J connectivity index is 1.77. The maximum absolute atomic E-state index is 13.4. The monoisotopic (exact) mass is 476 g/mol. The first-order valence-corrected chi connectivity index (χ1v) is 12.1. The topological polar surface area (TPSA) is 87.5 Å². The van der Waals surface area contributed by atoms with Crippen molar-refractivity contribution in [2.45, 2.75) is 47.6 Å². The smallest absolute Gasteiger partial charge is 0.257 e. The van der Waals surface area contributed by atoms with Crippen LogP contribution in [0.25, 0.3) is 21.9 Å². The van der Waals surface area contributed by atoms with Gasteiger partial charge in [-0.3, -0.25) is 4.79 Å². The first-order valence-electron chi connectivity index (χ1n) is 12.1. The fraction of sp³-hybridized carbons (Fsp3) is 0.370. The van der Waals surface area contributed by atoms with Gasteiger partial charge in [0.15, 0.2) is 23.0 Å².